The van der Waals surface area contributed by atoms with Crippen molar-refractivity contribution in [1.29, 1.82) is 5.26 Å². The van der Waals surface area contributed by atoms with Crippen LogP contribution in [0.4, 0.5) is 0 Å². The highest BCUT2D eigenvalue weighted by atomic mass is 16.5. The van der Waals surface area contributed by atoms with Crippen molar-refractivity contribution >= 4 is 5.97 Å². The molecule has 1 fully saturated rings. The van der Waals surface area contributed by atoms with E-state index in [9.17, 15) is 10.1 Å². The van der Waals surface area contributed by atoms with Gasteiger partial charge in [-0.3, -0.25) is 4.79 Å². The summed E-state index contributed by atoms with van der Waals surface area (Å²) in [5.74, 6) is 0.933. The number of aromatic nitrogens is 2. The van der Waals surface area contributed by atoms with E-state index in [0.717, 1.165) is 50.5 Å². The number of ether oxygens (including phenoxy) is 1. The maximum Gasteiger partial charge on any atom is 0.314 e. The van der Waals surface area contributed by atoms with Crippen LogP contribution in [-0.4, -0.2) is 15.9 Å². The van der Waals surface area contributed by atoms with Gasteiger partial charge < -0.3 is 4.74 Å². The van der Waals surface area contributed by atoms with Gasteiger partial charge in [0.15, 0.2) is 5.82 Å². The summed E-state index contributed by atoms with van der Waals surface area (Å²) >= 11 is 0. The van der Waals surface area contributed by atoms with Crippen molar-refractivity contribution in [2.24, 2.45) is 11.3 Å². The van der Waals surface area contributed by atoms with E-state index in [1.807, 2.05) is 36.7 Å². The third kappa shape index (κ3) is 10.7. The quantitative estimate of drug-likeness (QED) is 0.106. The molecule has 0 N–H and O–H groups in total. The molecule has 1 saturated carbocycles. The van der Waals surface area contributed by atoms with Gasteiger partial charge in [-0.25, -0.2) is 9.97 Å². The summed E-state index contributed by atoms with van der Waals surface area (Å²) in [5.41, 5.74) is 1.84. The molecule has 2 aromatic rings. The van der Waals surface area contributed by atoms with Gasteiger partial charge in [0.05, 0.1) is 17.4 Å². The van der Waals surface area contributed by atoms with Gasteiger partial charge in [0.1, 0.15) is 5.75 Å². The van der Waals surface area contributed by atoms with Crippen molar-refractivity contribution < 1.29 is 9.53 Å². The van der Waals surface area contributed by atoms with Crippen molar-refractivity contribution in [2.45, 2.75) is 136 Å². The summed E-state index contributed by atoms with van der Waals surface area (Å²) in [6.45, 7) is 4.48. The van der Waals surface area contributed by atoms with Crippen LogP contribution < -0.4 is 4.74 Å². The Balaban J connectivity index is 1.39. The Morgan fingerprint density at radius 1 is 0.850 bits per heavy atom. The molecule has 40 heavy (non-hydrogen) atoms. The smallest absolute Gasteiger partial charge is 0.314 e. The number of benzene rings is 1. The van der Waals surface area contributed by atoms with E-state index in [4.69, 9.17) is 4.74 Å². The second kappa shape index (κ2) is 17.8. The lowest BCUT2D eigenvalue weighted by Crippen LogP contribution is -2.31. The van der Waals surface area contributed by atoms with Gasteiger partial charge in [-0.2, -0.15) is 5.26 Å². The molecule has 0 radical (unpaired) electrons. The van der Waals surface area contributed by atoms with E-state index >= 15 is 0 Å². The summed E-state index contributed by atoms with van der Waals surface area (Å²) in [7, 11) is 0. The molecular weight excluding hydrogens is 494 g/mol. The summed E-state index contributed by atoms with van der Waals surface area (Å²) in [5, 5.41) is 9.85. The molecule has 1 aromatic carbocycles. The molecule has 0 amide bonds. The van der Waals surface area contributed by atoms with Gasteiger partial charge in [0, 0.05) is 18.0 Å². The zero-order valence-electron chi connectivity index (χ0n) is 25.1. The number of carbonyl (C=O) groups excluding carboxylic acids is 1. The lowest BCUT2D eigenvalue weighted by Gasteiger charge is -2.34. The van der Waals surface area contributed by atoms with Crippen LogP contribution in [0.2, 0.25) is 0 Å². The van der Waals surface area contributed by atoms with Crippen LogP contribution in [-0.2, 0) is 11.2 Å². The van der Waals surface area contributed by atoms with Crippen LogP contribution in [0.1, 0.15) is 135 Å². The number of hydrogen-bond acceptors (Lipinski definition) is 5. The fraction of sp³-hybridized carbons (Fsp3) is 0.657. The van der Waals surface area contributed by atoms with Gasteiger partial charge in [0.25, 0.3) is 0 Å². The van der Waals surface area contributed by atoms with E-state index in [2.05, 4.69) is 29.9 Å². The van der Waals surface area contributed by atoms with Crippen LogP contribution in [0.5, 0.6) is 5.75 Å². The Kier molecular flexibility index (Phi) is 14.2. The predicted molar refractivity (Wildman–Crippen MR) is 163 cm³/mol. The molecule has 1 aliphatic rings. The molecule has 5 nitrogen and oxygen atoms in total. The monoisotopic (exact) mass is 545 g/mol. The van der Waals surface area contributed by atoms with Gasteiger partial charge in [-0.05, 0) is 74.8 Å². The van der Waals surface area contributed by atoms with Crippen molar-refractivity contribution in [3.05, 3.63) is 42.2 Å². The third-order valence-electron chi connectivity index (χ3n) is 8.63. The zero-order valence-corrected chi connectivity index (χ0v) is 25.1. The van der Waals surface area contributed by atoms with E-state index in [1.165, 1.54) is 82.6 Å². The molecule has 0 bridgehead atoms. The van der Waals surface area contributed by atoms with E-state index < -0.39 is 0 Å². The normalized spacial score (nSPS) is 18.8. The molecule has 0 saturated heterocycles. The first-order chi connectivity index (χ1) is 19.6. The number of unbranched alkanes of at least 4 members (excludes halogenated alkanes) is 11. The van der Waals surface area contributed by atoms with Crippen LogP contribution in [0.25, 0.3) is 11.4 Å². The lowest BCUT2D eigenvalue weighted by molar-refractivity contribution is -0.140. The Hall–Kier alpha value is -2.74. The number of esters is 1. The molecule has 218 valence electrons. The first kappa shape index (κ1) is 31.8. The van der Waals surface area contributed by atoms with Crippen LogP contribution in [0.3, 0.4) is 0 Å². The number of carbonyl (C=O) groups is 1. The van der Waals surface area contributed by atoms with Crippen LogP contribution in [0.15, 0.2) is 36.7 Å². The first-order valence-corrected chi connectivity index (χ1v) is 16.1. The van der Waals surface area contributed by atoms with Gasteiger partial charge in [-0.1, -0.05) is 90.9 Å². The van der Waals surface area contributed by atoms with E-state index in [1.54, 1.807) is 0 Å². The van der Waals surface area contributed by atoms with Crippen molar-refractivity contribution in [2.75, 3.05) is 0 Å². The lowest BCUT2D eigenvalue weighted by atomic mass is 9.69. The summed E-state index contributed by atoms with van der Waals surface area (Å²) in [6.07, 6.45) is 25.5. The van der Waals surface area contributed by atoms with E-state index in [0.29, 0.717) is 11.6 Å². The fourth-order valence-electron chi connectivity index (χ4n) is 5.86. The highest BCUT2D eigenvalue weighted by Crippen LogP contribution is 2.43. The Morgan fingerprint density at radius 2 is 1.40 bits per heavy atom. The van der Waals surface area contributed by atoms with E-state index in [-0.39, 0.29) is 17.3 Å². The van der Waals surface area contributed by atoms with Gasteiger partial charge in [0.2, 0.25) is 0 Å². The fourth-order valence-corrected chi connectivity index (χ4v) is 5.86. The molecule has 1 aliphatic carbocycles. The Morgan fingerprint density at radius 3 is 1.98 bits per heavy atom. The highest BCUT2D eigenvalue weighted by Gasteiger charge is 2.38. The molecule has 0 atom stereocenters. The largest absolute Gasteiger partial charge is 0.426 e. The van der Waals surface area contributed by atoms with Crippen molar-refractivity contribution in [3.8, 4) is 23.2 Å². The minimum atomic E-state index is -0.256. The molecule has 1 heterocycles. The number of hydrogen-bond donors (Lipinski definition) is 0. The number of nitriles is 1. The molecule has 0 unspecified atom stereocenters. The van der Waals surface area contributed by atoms with Crippen LogP contribution >= 0.6 is 0 Å². The second-order valence-corrected chi connectivity index (χ2v) is 11.9. The maximum atomic E-state index is 12.8. The summed E-state index contributed by atoms with van der Waals surface area (Å²) < 4.78 is 5.72. The summed E-state index contributed by atoms with van der Waals surface area (Å²) in [6, 6.07) is 10.1. The van der Waals surface area contributed by atoms with Crippen molar-refractivity contribution in [1.82, 2.24) is 9.97 Å². The molecular formula is C35H51N3O2. The SMILES string of the molecule is CCCCCCCCCCc1cnc(-c2ccc(OC(=O)C3CCC(C#N)(CCCCCCC)CC3)cc2)nc1. The third-order valence-corrected chi connectivity index (χ3v) is 8.63. The number of rotatable bonds is 18. The standard InChI is InChI=1S/C35H51N3O2/c1-3-5-7-9-10-11-12-14-16-29-26-37-33(38-27-29)30-17-19-32(20-18-30)40-34(39)31-21-24-35(28-36,25-22-31)23-15-13-8-6-4-2/h17-20,26-27,31H,3-16,21-25H2,1-2H3. The molecule has 0 spiro atoms. The number of aryl methyl sites for hydroxylation is 1. The topological polar surface area (TPSA) is 75.9 Å². The minimum absolute atomic E-state index is 0.127. The molecule has 5 heteroatoms. The predicted octanol–water partition coefficient (Wildman–Crippen LogP) is 9.79. The second-order valence-electron chi connectivity index (χ2n) is 11.9. The number of nitrogens with zero attached hydrogens (tertiary/aromatic N) is 3. The van der Waals surface area contributed by atoms with Gasteiger partial charge in [-0.15, -0.1) is 0 Å². The molecule has 0 aliphatic heterocycles. The average Bonchev–Trinajstić information content (AvgIpc) is 2.99. The first-order valence-electron chi connectivity index (χ1n) is 16.1. The summed E-state index contributed by atoms with van der Waals surface area (Å²) in [4.78, 5) is 22.0. The molecule has 3 rings (SSSR count). The minimum Gasteiger partial charge on any atom is -0.426 e. The average molecular weight is 546 g/mol. The molecule has 1 aromatic heterocycles. The Labute approximate surface area is 243 Å². The van der Waals surface area contributed by atoms with Crippen molar-refractivity contribution in [3.63, 3.8) is 0 Å². The van der Waals surface area contributed by atoms with Crippen LogP contribution in [0, 0.1) is 22.7 Å². The Bertz CT molecular complexity index is 1020. The zero-order chi connectivity index (χ0) is 28.5. The maximum absolute atomic E-state index is 12.8. The highest BCUT2D eigenvalue weighted by molar-refractivity contribution is 5.75. The van der Waals surface area contributed by atoms with Gasteiger partial charge >= 0.3 is 5.97 Å².